The monoisotopic (exact) mass is 240 g/mol. The second kappa shape index (κ2) is 5.05. The number of alkyl halides is 1. The highest BCUT2D eigenvalue weighted by Gasteiger charge is 2.27. The van der Waals surface area contributed by atoms with Crippen LogP contribution in [0.1, 0.15) is 43.4 Å². The number of ether oxygens (including phenoxy) is 1. The summed E-state index contributed by atoms with van der Waals surface area (Å²) in [5.74, 6) is 0.492. The lowest BCUT2D eigenvalue weighted by Crippen LogP contribution is -2.14. The summed E-state index contributed by atoms with van der Waals surface area (Å²) in [6.45, 7) is 6.88. The predicted octanol–water partition coefficient (Wildman–Crippen LogP) is 3.30. The van der Waals surface area contributed by atoms with Gasteiger partial charge in [-0.1, -0.05) is 19.1 Å². The minimum atomic E-state index is -1.46. The van der Waals surface area contributed by atoms with Gasteiger partial charge in [-0.2, -0.15) is 0 Å². The number of halogens is 1. The number of aliphatic hydroxyl groups excluding tert-OH is 1. The van der Waals surface area contributed by atoms with Crippen LogP contribution < -0.4 is 4.74 Å². The zero-order valence-electron chi connectivity index (χ0n) is 11.2. The highest BCUT2D eigenvalue weighted by Crippen LogP contribution is 2.39. The third-order valence-corrected chi connectivity index (χ3v) is 3.03. The molecule has 0 saturated heterocycles. The smallest absolute Gasteiger partial charge is 0.134 e. The lowest BCUT2D eigenvalue weighted by molar-refractivity contribution is 0.211. The largest absolute Gasteiger partial charge is 0.496 e. The van der Waals surface area contributed by atoms with E-state index in [1.54, 1.807) is 6.07 Å². The molecule has 0 aliphatic carbocycles. The zero-order valence-corrected chi connectivity index (χ0v) is 11.2. The Hall–Kier alpha value is -1.09. The Labute approximate surface area is 102 Å². The predicted molar refractivity (Wildman–Crippen MR) is 67.4 cm³/mol. The van der Waals surface area contributed by atoms with Crippen molar-refractivity contribution in [2.24, 2.45) is 0 Å². The van der Waals surface area contributed by atoms with Gasteiger partial charge in [0.1, 0.15) is 11.4 Å². The molecule has 0 fully saturated rings. The normalized spacial score (nSPS) is 13.6. The van der Waals surface area contributed by atoms with Crippen LogP contribution in [0.3, 0.4) is 0 Å². The van der Waals surface area contributed by atoms with E-state index >= 15 is 0 Å². The fourth-order valence-electron chi connectivity index (χ4n) is 2.09. The Kier molecular flexibility index (Phi) is 4.15. The Balaban J connectivity index is 3.47. The highest BCUT2D eigenvalue weighted by atomic mass is 19.1. The highest BCUT2D eigenvalue weighted by molar-refractivity contribution is 5.50. The third kappa shape index (κ3) is 2.78. The standard InChI is InChI=1S/C14H21FO2/c1-9-6-7-11(14(3,4)15)13(17-5)12(9)10(2)8-16/h6-7,10,16H,8H2,1-5H3. The molecule has 96 valence electrons. The van der Waals surface area contributed by atoms with Crippen LogP contribution >= 0.6 is 0 Å². The van der Waals surface area contributed by atoms with Crippen molar-refractivity contribution in [3.63, 3.8) is 0 Å². The van der Waals surface area contributed by atoms with Crippen molar-refractivity contribution in [3.8, 4) is 5.75 Å². The minimum Gasteiger partial charge on any atom is -0.496 e. The van der Waals surface area contributed by atoms with E-state index in [9.17, 15) is 9.50 Å². The van der Waals surface area contributed by atoms with Gasteiger partial charge in [0.05, 0.1) is 7.11 Å². The molecule has 1 aromatic rings. The van der Waals surface area contributed by atoms with Crippen LogP contribution in [-0.2, 0) is 5.67 Å². The summed E-state index contributed by atoms with van der Waals surface area (Å²) >= 11 is 0. The average Bonchev–Trinajstić information content (AvgIpc) is 2.25. The second-order valence-corrected chi connectivity index (χ2v) is 4.93. The summed E-state index contributed by atoms with van der Waals surface area (Å²) in [6.07, 6.45) is 0. The van der Waals surface area contributed by atoms with E-state index in [1.807, 2.05) is 19.9 Å². The summed E-state index contributed by atoms with van der Waals surface area (Å²) in [4.78, 5) is 0. The average molecular weight is 240 g/mol. The molecule has 0 saturated carbocycles. The maximum atomic E-state index is 14.1. The Bertz CT molecular complexity index is 394. The number of aliphatic hydroxyl groups is 1. The van der Waals surface area contributed by atoms with E-state index in [1.165, 1.54) is 21.0 Å². The van der Waals surface area contributed by atoms with Crippen LogP contribution in [-0.4, -0.2) is 18.8 Å². The summed E-state index contributed by atoms with van der Waals surface area (Å²) in [5, 5.41) is 9.28. The Morgan fingerprint density at radius 1 is 1.41 bits per heavy atom. The fraction of sp³-hybridized carbons (Fsp3) is 0.571. The van der Waals surface area contributed by atoms with Crippen LogP contribution in [0.5, 0.6) is 5.75 Å². The van der Waals surface area contributed by atoms with Gasteiger partial charge in [0.2, 0.25) is 0 Å². The number of methoxy groups -OCH3 is 1. The van der Waals surface area contributed by atoms with Gasteiger partial charge in [0.25, 0.3) is 0 Å². The molecule has 0 spiro atoms. The summed E-state index contributed by atoms with van der Waals surface area (Å²) < 4.78 is 19.5. The van der Waals surface area contributed by atoms with E-state index in [0.717, 1.165) is 11.1 Å². The van der Waals surface area contributed by atoms with Gasteiger partial charge < -0.3 is 9.84 Å². The van der Waals surface area contributed by atoms with E-state index in [-0.39, 0.29) is 12.5 Å². The molecular formula is C14H21FO2. The van der Waals surface area contributed by atoms with Crippen molar-refractivity contribution in [2.45, 2.75) is 39.3 Å². The molecular weight excluding hydrogens is 219 g/mol. The maximum absolute atomic E-state index is 14.1. The first-order chi connectivity index (χ1) is 7.82. The van der Waals surface area contributed by atoms with Gasteiger partial charge in [-0.15, -0.1) is 0 Å². The van der Waals surface area contributed by atoms with Crippen LogP contribution in [0.2, 0.25) is 0 Å². The second-order valence-electron chi connectivity index (χ2n) is 4.93. The first-order valence-electron chi connectivity index (χ1n) is 5.80. The van der Waals surface area contributed by atoms with Crippen molar-refractivity contribution in [3.05, 3.63) is 28.8 Å². The molecule has 1 N–H and O–H groups in total. The molecule has 0 aliphatic heterocycles. The molecule has 0 radical (unpaired) electrons. The topological polar surface area (TPSA) is 29.5 Å². The van der Waals surface area contributed by atoms with Gasteiger partial charge in [0, 0.05) is 23.7 Å². The van der Waals surface area contributed by atoms with Crippen LogP contribution in [0.4, 0.5) is 4.39 Å². The molecule has 0 heterocycles. The van der Waals surface area contributed by atoms with Gasteiger partial charge >= 0.3 is 0 Å². The van der Waals surface area contributed by atoms with Gasteiger partial charge in [0.15, 0.2) is 0 Å². The van der Waals surface area contributed by atoms with E-state index in [2.05, 4.69) is 0 Å². The quantitative estimate of drug-likeness (QED) is 0.875. The van der Waals surface area contributed by atoms with Crippen molar-refractivity contribution < 1.29 is 14.2 Å². The molecule has 2 nitrogen and oxygen atoms in total. The zero-order chi connectivity index (χ0) is 13.2. The van der Waals surface area contributed by atoms with Crippen LogP contribution in [0.25, 0.3) is 0 Å². The number of hydrogen-bond donors (Lipinski definition) is 1. The maximum Gasteiger partial charge on any atom is 0.134 e. The van der Waals surface area contributed by atoms with E-state index < -0.39 is 5.67 Å². The first-order valence-corrected chi connectivity index (χ1v) is 5.80. The molecule has 0 amide bonds. The minimum absolute atomic E-state index is 0.0212. The molecule has 1 aromatic carbocycles. The number of aryl methyl sites for hydroxylation is 1. The fourth-order valence-corrected chi connectivity index (χ4v) is 2.09. The number of rotatable bonds is 4. The summed E-state index contributed by atoms with van der Waals surface area (Å²) in [6, 6.07) is 3.63. The molecule has 1 rings (SSSR count). The Morgan fingerprint density at radius 3 is 2.41 bits per heavy atom. The summed E-state index contributed by atoms with van der Waals surface area (Å²) in [5.41, 5.74) is 0.971. The molecule has 1 unspecified atom stereocenters. The van der Waals surface area contributed by atoms with Gasteiger partial charge in [-0.3, -0.25) is 0 Å². The lowest BCUT2D eigenvalue weighted by atomic mass is 9.89. The first kappa shape index (κ1) is 14.0. The SMILES string of the molecule is COc1c(C(C)(C)F)ccc(C)c1C(C)CO. The van der Waals surface area contributed by atoms with Crippen molar-refractivity contribution in [2.75, 3.05) is 13.7 Å². The van der Waals surface area contributed by atoms with Crippen molar-refractivity contribution >= 4 is 0 Å². The molecule has 0 aliphatic rings. The van der Waals surface area contributed by atoms with Crippen molar-refractivity contribution in [1.29, 1.82) is 0 Å². The van der Waals surface area contributed by atoms with Gasteiger partial charge in [-0.25, -0.2) is 4.39 Å². The molecule has 17 heavy (non-hydrogen) atoms. The third-order valence-electron chi connectivity index (χ3n) is 3.03. The van der Waals surface area contributed by atoms with Crippen LogP contribution in [0, 0.1) is 6.92 Å². The van der Waals surface area contributed by atoms with Crippen LogP contribution in [0.15, 0.2) is 12.1 Å². The van der Waals surface area contributed by atoms with Crippen molar-refractivity contribution in [1.82, 2.24) is 0 Å². The van der Waals surface area contributed by atoms with E-state index in [4.69, 9.17) is 4.74 Å². The van der Waals surface area contributed by atoms with Gasteiger partial charge in [-0.05, 0) is 26.3 Å². The number of hydrogen-bond acceptors (Lipinski definition) is 2. The lowest BCUT2D eigenvalue weighted by Gasteiger charge is -2.24. The molecule has 1 atom stereocenters. The molecule has 0 bridgehead atoms. The molecule has 0 aromatic heterocycles. The van der Waals surface area contributed by atoms with E-state index in [0.29, 0.717) is 11.3 Å². The Morgan fingerprint density at radius 2 is 2.00 bits per heavy atom. The number of benzene rings is 1. The summed E-state index contributed by atoms with van der Waals surface area (Å²) in [7, 11) is 1.54. The molecule has 3 heteroatoms.